The van der Waals surface area contributed by atoms with E-state index < -0.39 is 11.9 Å². The Balaban J connectivity index is 1.31. The topological polar surface area (TPSA) is 103 Å². The molecule has 0 spiro atoms. The maximum Gasteiger partial charge on any atom is 0.380 e. The number of aromatic nitrogens is 1. The van der Waals surface area contributed by atoms with E-state index in [9.17, 15) is 9.59 Å². The second kappa shape index (κ2) is 10.8. The van der Waals surface area contributed by atoms with E-state index in [1.54, 1.807) is 31.2 Å². The van der Waals surface area contributed by atoms with Gasteiger partial charge in [-0.25, -0.2) is 15.2 Å². The normalized spacial score (nSPS) is 13.8. The van der Waals surface area contributed by atoms with E-state index >= 15 is 0 Å². The Bertz CT molecular complexity index is 1600. The van der Waals surface area contributed by atoms with Crippen molar-refractivity contribution in [3.8, 4) is 11.5 Å². The molecule has 4 aromatic rings. The fraction of sp³-hybridized carbons (Fsp3) is 0.214. The van der Waals surface area contributed by atoms with Crippen LogP contribution in [0.1, 0.15) is 46.0 Å². The summed E-state index contributed by atoms with van der Waals surface area (Å²) < 4.78 is 17.1. The van der Waals surface area contributed by atoms with Crippen molar-refractivity contribution in [2.24, 2.45) is 5.10 Å². The molecule has 194 valence electrons. The molecular weight excluding hydrogens is 529 g/mol. The smallest absolute Gasteiger partial charge is 0.380 e. The zero-order valence-electron chi connectivity index (χ0n) is 20.6. The van der Waals surface area contributed by atoms with Crippen LogP contribution in [-0.2, 0) is 11.2 Å². The lowest BCUT2D eigenvalue weighted by molar-refractivity contribution is -0.123. The summed E-state index contributed by atoms with van der Waals surface area (Å²) in [6.07, 6.45) is 2.01. The van der Waals surface area contributed by atoms with Gasteiger partial charge < -0.3 is 13.9 Å². The minimum Gasteiger partial charge on any atom is -0.482 e. The Morgan fingerprint density at radius 1 is 1.08 bits per heavy atom. The van der Waals surface area contributed by atoms with Crippen LogP contribution in [0.4, 0.5) is 0 Å². The zero-order valence-corrected chi connectivity index (χ0v) is 22.2. The van der Waals surface area contributed by atoms with Crippen LogP contribution in [-0.4, -0.2) is 29.2 Å². The van der Waals surface area contributed by atoms with Crippen LogP contribution in [0.2, 0.25) is 10.0 Å². The average Bonchev–Trinajstić information content (AvgIpc) is 3.24. The van der Waals surface area contributed by atoms with E-state index in [2.05, 4.69) is 15.5 Å². The molecule has 1 aliphatic carbocycles. The number of hydrogen-bond acceptors (Lipinski definition) is 7. The summed E-state index contributed by atoms with van der Waals surface area (Å²) in [4.78, 5) is 30.0. The van der Waals surface area contributed by atoms with Crippen molar-refractivity contribution in [1.82, 2.24) is 10.4 Å². The number of halogens is 2. The number of nitrogens with zero attached hydrogens (tertiary/aromatic N) is 2. The van der Waals surface area contributed by atoms with Crippen LogP contribution in [0.5, 0.6) is 11.5 Å². The standard InChI is InChI=1S/C28H23Cl2N3O5/c1-15-9-10-17-5-3-8-23(26(17)31-15)38-28(35)27-16(2)25-20(6-4-7-22(25)37-27)32-33-24(34)14-36-21-12-11-18(29)13-19(21)30/h3,5,8-13H,4,6-7,14H2,1-2H3,(H,33,34)/b32-20+. The molecule has 1 aliphatic rings. The number of hydrazone groups is 1. The Morgan fingerprint density at radius 2 is 1.92 bits per heavy atom. The van der Waals surface area contributed by atoms with Gasteiger partial charge in [-0.15, -0.1) is 0 Å². The summed E-state index contributed by atoms with van der Waals surface area (Å²) in [6.45, 7) is 3.37. The Morgan fingerprint density at radius 3 is 2.74 bits per heavy atom. The molecule has 0 radical (unpaired) electrons. The second-order valence-corrected chi connectivity index (χ2v) is 9.68. The van der Waals surface area contributed by atoms with Gasteiger partial charge in [-0.1, -0.05) is 41.4 Å². The lowest BCUT2D eigenvalue weighted by Crippen LogP contribution is -2.27. The summed E-state index contributed by atoms with van der Waals surface area (Å²) in [5.74, 6) is 0.335. The van der Waals surface area contributed by atoms with E-state index in [-0.39, 0.29) is 12.4 Å². The summed E-state index contributed by atoms with van der Waals surface area (Å²) in [6, 6.07) is 14.0. The summed E-state index contributed by atoms with van der Waals surface area (Å²) >= 11 is 12.0. The highest BCUT2D eigenvalue weighted by atomic mass is 35.5. The van der Waals surface area contributed by atoms with E-state index in [0.717, 1.165) is 17.5 Å². The predicted molar refractivity (Wildman–Crippen MR) is 144 cm³/mol. The van der Waals surface area contributed by atoms with Crippen LogP contribution < -0.4 is 14.9 Å². The van der Waals surface area contributed by atoms with E-state index in [1.807, 2.05) is 25.1 Å². The van der Waals surface area contributed by atoms with Crippen molar-refractivity contribution in [2.45, 2.75) is 33.1 Å². The summed E-state index contributed by atoms with van der Waals surface area (Å²) in [7, 11) is 0. The SMILES string of the molecule is Cc1ccc2cccc(OC(=O)c3oc4c(c3C)/C(=N/NC(=O)COc3ccc(Cl)cc3Cl)CCC4)c2n1. The van der Waals surface area contributed by atoms with Crippen molar-refractivity contribution in [3.63, 3.8) is 0 Å². The Kier molecular flexibility index (Phi) is 7.35. The number of benzene rings is 2. The number of carbonyl (C=O) groups excluding carboxylic acids is 2. The highest BCUT2D eigenvalue weighted by Gasteiger charge is 2.29. The molecule has 2 aromatic carbocycles. The molecule has 0 saturated heterocycles. The largest absolute Gasteiger partial charge is 0.482 e. The van der Waals surface area contributed by atoms with Gasteiger partial charge in [-0.05, 0) is 57.0 Å². The van der Waals surface area contributed by atoms with Gasteiger partial charge >= 0.3 is 5.97 Å². The fourth-order valence-corrected chi connectivity index (χ4v) is 4.78. The van der Waals surface area contributed by atoms with Crippen LogP contribution in [0.15, 0.2) is 58.0 Å². The minimum atomic E-state index is -0.621. The molecule has 0 atom stereocenters. The maximum absolute atomic E-state index is 13.1. The lowest BCUT2D eigenvalue weighted by atomic mass is 9.93. The van der Waals surface area contributed by atoms with Gasteiger partial charge in [0.05, 0.1) is 10.7 Å². The summed E-state index contributed by atoms with van der Waals surface area (Å²) in [5.41, 5.74) is 5.85. The van der Waals surface area contributed by atoms with Crippen LogP contribution in [0, 0.1) is 13.8 Å². The van der Waals surface area contributed by atoms with Gasteiger partial charge in [0.15, 0.2) is 12.4 Å². The molecule has 2 heterocycles. The second-order valence-electron chi connectivity index (χ2n) is 8.83. The number of amides is 1. The minimum absolute atomic E-state index is 0.0984. The van der Waals surface area contributed by atoms with Crippen molar-refractivity contribution in [3.05, 3.63) is 86.9 Å². The molecule has 0 aliphatic heterocycles. The molecule has 38 heavy (non-hydrogen) atoms. The molecule has 1 amide bonds. The first-order valence-electron chi connectivity index (χ1n) is 11.9. The number of hydrogen-bond donors (Lipinski definition) is 1. The van der Waals surface area contributed by atoms with Gasteiger partial charge in [0.25, 0.3) is 5.91 Å². The van der Waals surface area contributed by atoms with Crippen LogP contribution >= 0.6 is 23.2 Å². The van der Waals surface area contributed by atoms with Crippen LogP contribution in [0.3, 0.4) is 0 Å². The highest BCUT2D eigenvalue weighted by molar-refractivity contribution is 6.35. The van der Waals surface area contributed by atoms with E-state index in [1.165, 1.54) is 6.07 Å². The Hall–Kier alpha value is -3.88. The van der Waals surface area contributed by atoms with E-state index in [4.69, 9.17) is 37.1 Å². The van der Waals surface area contributed by atoms with Gasteiger partial charge in [0.1, 0.15) is 17.0 Å². The molecule has 0 fully saturated rings. The number of pyridine rings is 1. The molecule has 0 unspecified atom stereocenters. The zero-order chi connectivity index (χ0) is 26.8. The first-order chi connectivity index (χ1) is 18.3. The van der Waals surface area contributed by atoms with Gasteiger partial charge in [-0.3, -0.25) is 4.79 Å². The number of furan rings is 1. The molecule has 2 aromatic heterocycles. The van der Waals surface area contributed by atoms with Crippen molar-refractivity contribution < 1.29 is 23.5 Å². The van der Waals surface area contributed by atoms with Gasteiger partial charge in [-0.2, -0.15) is 5.10 Å². The molecule has 10 heteroatoms. The number of esters is 1. The number of aryl methyl sites for hydroxylation is 2. The van der Waals surface area contributed by atoms with Crippen LogP contribution in [0.25, 0.3) is 10.9 Å². The van der Waals surface area contributed by atoms with Crippen molar-refractivity contribution >= 4 is 51.7 Å². The quantitative estimate of drug-likeness (QED) is 0.173. The Labute approximate surface area is 228 Å². The van der Waals surface area contributed by atoms with E-state index in [0.29, 0.717) is 62.5 Å². The molecule has 1 N–H and O–H groups in total. The number of fused-ring (bicyclic) bond motifs is 2. The third-order valence-electron chi connectivity index (χ3n) is 6.10. The lowest BCUT2D eigenvalue weighted by Gasteiger charge is -2.13. The average molecular weight is 552 g/mol. The highest BCUT2D eigenvalue weighted by Crippen LogP contribution is 2.32. The van der Waals surface area contributed by atoms with Crippen molar-refractivity contribution in [2.75, 3.05) is 6.61 Å². The molecule has 5 rings (SSSR count). The van der Waals surface area contributed by atoms with Crippen molar-refractivity contribution in [1.29, 1.82) is 0 Å². The monoisotopic (exact) mass is 551 g/mol. The first-order valence-corrected chi connectivity index (χ1v) is 12.7. The fourth-order valence-electron chi connectivity index (χ4n) is 4.32. The first kappa shape index (κ1) is 25.8. The van der Waals surface area contributed by atoms with Gasteiger partial charge in [0.2, 0.25) is 5.76 Å². The third kappa shape index (κ3) is 5.37. The summed E-state index contributed by atoms with van der Waals surface area (Å²) in [5, 5.41) is 5.94. The maximum atomic E-state index is 13.1. The number of nitrogens with one attached hydrogen (secondary N) is 1. The molecular formula is C28H23Cl2N3O5. The predicted octanol–water partition coefficient (Wildman–Crippen LogP) is 6.21. The number of ether oxygens (including phenoxy) is 2. The number of rotatable bonds is 6. The number of para-hydroxylation sites is 1. The van der Waals surface area contributed by atoms with Gasteiger partial charge in [0, 0.05) is 33.7 Å². The molecule has 0 bridgehead atoms. The molecule has 0 saturated carbocycles. The molecule has 8 nitrogen and oxygen atoms in total. The number of carbonyl (C=O) groups is 2. The third-order valence-corrected chi connectivity index (χ3v) is 6.63.